The number of likely N-dealkylation sites (tertiary alicyclic amines) is 3. The van der Waals surface area contributed by atoms with Crippen LogP contribution in [0.5, 0.6) is 0 Å². The van der Waals surface area contributed by atoms with Gasteiger partial charge in [0.25, 0.3) is 5.92 Å². The number of allylic oxidation sites excluding steroid dienone is 1. The average molecular weight is 341 g/mol. The molecule has 1 unspecified atom stereocenters. The molecule has 1 spiro atoms. The molecule has 0 radical (unpaired) electrons. The maximum absolute atomic E-state index is 14.5. The molecule has 3 rings (SSSR count). The van der Waals surface area contributed by atoms with Gasteiger partial charge in [-0.25, -0.2) is 8.78 Å². The van der Waals surface area contributed by atoms with Crippen molar-refractivity contribution in [1.29, 1.82) is 0 Å². The van der Waals surface area contributed by atoms with Crippen molar-refractivity contribution in [3.8, 4) is 0 Å². The van der Waals surface area contributed by atoms with E-state index in [4.69, 9.17) is 0 Å². The Bertz CT molecular complexity index is 436. The van der Waals surface area contributed by atoms with Gasteiger partial charge in [0.2, 0.25) is 0 Å². The molecule has 0 aromatic rings. The summed E-state index contributed by atoms with van der Waals surface area (Å²) in [6, 6.07) is 0. The normalized spacial score (nSPS) is 30.8. The second-order valence-electron chi connectivity index (χ2n) is 8.21. The number of hydrogen-bond donors (Lipinski definition) is 0. The molecule has 0 aromatic heterocycles. The highest BCUT2D eigenvalue weighted by Gasteiger charge is 2.47. The number of hydrogen-bond acceptors (Lipinski definition) is 3. The summed E-state index contributed by atoms with van der Waals surface area (Å²) in [5.41, 5.74) is 0.461. The number of halogens is 2. The molecule has 0 saturated carbocycles. The number of rotatable bonds is 5. The van der Waals surface area contributed by atoms with Crippen LogP contribution < -0.4 is 0 Å². The first-order valence-electron chi connectivity index (χ1n) is 9.66. The first-order chi connectivity index (χ1) is 11.5. The summed E-state index contributed by atoms with van der Waals surface area (Å²) >= 11 is 0. The van der Waals surface area contributed by atoms with Crippen LogP contribution in [0.4, 0.5) is 8.78 Å². The van der Waals surface area contributed by atoms with Crippen molar-refractivity contribution in [2.75, 3.05) is 52.4 Å². The van der Waals surface area contributed by atoms with Crippen molar-refractivity contribution >= 4 is 0 Å². The van der Waals surface area contributed by atoms with Crippen LogP contribution in [0, 0.1) is 11.3 Å². The Morgan fingerprint density at radius 3 is 2.33 bits per heavy atom. The van der Waals surface area contributed by atoms with E-state index in [1.54, 1.807) is 0 Å². The summed E-state index contributed by atoms with van der Waals surface area (Å²) in [5.74, 6) is -2.98. The zero-order valence-corrected chi connectivity index (χ0v) is 15.3. The molecule has 138 valence electrons. The fourth-order valence-electron chi connectivity index (χ4n) is 4.76. The standard InChI is InChI=1S/C19H33F2N3/c1-3-8-23-10-5-17(19(20,21)16-23)13-22-11-6-18(7-12-22)14-24(15-18)9-4-2/h4,9,17H,3,5-8,10-16H2,1-2H3/b9-4+. The van der Waals surface area contributed by atoms with Crippen LogP contribution in [0.15, 0.2) is 12.3 Å². The predicted molar refractivity (Wildman–Crippen MR) is 94.3 cm³/mol. The Labute approximate surface area is 145 Å². The smallest absolute Gasteiger partial charge is 0.264 e. The zero-order chi connectivity index (χ0) is 17.2. The number of alkyl halides is 2. The van der Waals surface area contributed by atoms with Crippen LogP contribution in [-0.2, 0) is 0 Å². The molecular formula is C19H33F2N3. The molecule has 1 atom stereocenters. The van der Waals surface area contributed by atoms with Gasteiger partial charge in [0.05, 0.1) is 6.54 Å². The molecule has 0 bridgehead atoms. The second kappa shape index (κ2) is 7.28. The van der Waals surface area contributed by atoms with Crippen LogP contribution in [0.1, 0.15) is 39.5 Å². The molecule has 3 heterocycles. The first kappa shape index (κ1) is 18.1. The van der Waals surface area contributed by atoms with Gasteiger partial charge >= 0.3 is 0 Å². The van der Waals surface area contributed by atoms with Crippen LogP contribution in [0.3, 0.4) is 0 Å². The van der Waals surface area contributed by atoms with Crippen LogP contribution in [0.2, 0.25) is 0 Å². The fourth-order valence-corrected chi connectivity index (χ4v) is 4.76. The summed E-state index contributed by atoms with van der Waals surface area (Å²) in [6.45, 7) is 10.6. The minimum Gasteiger partial charge on any atom is -0.376 e. The Morgan fingerprint density at radius 1 is 1.04 bits per heavy atom. The molecule has 0 aromatic carbocycles. The average Bonchev–Trinajstić information content (AvgIpc) is 2.50. The van der Waals surface area contributed by atoms with Crippen molar-refractivity contribution in [2.45, 2.75) is 45.5 Å². The Hall–Kier alpha value is -0.680. The molecule has 24 heavy (non-hydrogen) atoms. The lowest BCUT2D eigenvalue weighted by Crippen LogP contribution is -2.59. The van der Waals surface area contributed by atoms with Crippen LogP contribution >= 0.6 is 0 Å². The highest BCUT2D eigenvalue weighted by molar-refractivity contribution is 5.02. The number of piperidine rings is 2. The highest BCUT2D eigenvalue weighted by atomic mass is 19.3. The van der Waals surface area contributed by atoms with Crippen LogP contribution in [0.25, 0.3) is 0 Å². The summed E-state index contributed by atoms with van der Waals surface area (Å²) < 4.78 is 29.0. The Balaban J connectivity index is 1.45. The van der Waals surface area contributed by atoms with E-state index in [0.29, 0.717) is 18.4 Å². The van der Waals surface area contributed by atoms with E-state index in [-0.39, 0.29) is 6.54 Å². The van der Waals surface area contributed by atoms with Gasteiger partial charge in [-0.15, -0.1) is 0 Å². The molecule has 3 saturated heterocycles. The maximum atomic E-state index is 14.5. The number of nitrogens with zero attached hydrogens (tertiary/aromatic N) is 3. The fraction of sp³-hybridized carbons (Fsp3) is 0.895. The molecule has 3 fully saturated rings. The second-order valence-corrected chi connectivity index (χ2v) is 8.21. The monoisotopic (exact) mass is 341 g/mol. The van der Waals surface area contributed by atoms with Crippen molar-refractivity contribution in [3.05, 3.63) is 12.3 Å². The quantitative estimate of drug-likeness (QED) is 0.760. The van der Waals surface area contributed by atoms with Crippen molar-refractivity contribution in [3.63, 3.8) is 0 Å². The third-order valence-electron chi connectivity index (χ3n) is 6.20. The van der Waals surface area contributed by atoms with Gasteiger partial charge in [-0.2, -0.15) is 0 Å². The maximum Gasteiger partial charge on any atom is 0.264 e. The van der Waals surface area contributed by atoms with Crippen molar-refractivity contribution < 1.29 is 8.78 Å². The van der Waals surface area contributed by atoms with E-state index >= 15 is 0 Å². The van der Waals surface area contributed by atoms with Gasteiger partial charge < -0.3 is 9.80 Å². The van der Waals surface area contributed by atoms with Gasteiger partial charge in [-0.3, -0.25) is 4.90 Å². The summed E-state index contributed by atoms with van der Waals surface area (Å²) in [4.78, 5) is 6.61. The van der Waals surface area contributed by atoms with Crippen molar-refractivity contribution in [2.24, 2.45) is 11.3 Å². The van der Waals surface area contributed by atoms with E-state index in [1.807, 2.05) is 4.90 Å². The lowest BCUT2D eigenvalue weighted by atomic mass is 9.72. The molecule has 0 amide bonds. The van der Waals surface area contributed by atoms with E-state index in [9.17, 15) is 8.78 Å². The van der Waals surface area contributed by atoms with E-state index in [0.717, 1.165) is 45.7 Å². The van der Waals surface area contributed by atoms with Gasteiger partial charge in [-0.05, 0) is 65.0 Å². The molecule has 3 aliphatic rings. The lowest BCUT2D eigenvalue weighted by molar-refractivity contribution is -0.122. The van der Waals surface area contributed by atoms with E-state index in [2.05, 4.69) is 35.9 Å². The first-order valence-corrected chi connectivity index (χ1v) is 9.66. The molecule has 3 aliphatic heterocycles. The minimum atomic E-state index is -2.53. The minimum absolute atomic E-state index is 0.0401. The van der Waals surface area contributed by atoms with Crippen LogP contribution in [-0.4, -0.2) is 73.0 Å². The van der Waals surface area contributed by atoms with Gasteiger partial charge in [0.15, 0.2) is 0 Å². The zero-order valence-electron chi connectivity index (χ0n) is 15.3. The SMILES string of the molecule is C/C=C/N1CC2(CCN(CC3CCN(CCC)CC3(F)F)CC2)C1. The largest absolute Gasteiger partial charge is 0.376 e. The van der Waals surface area contributed by atoms with E-state index in [1.165, 1.54) is 12.8 Å². The van der Waals surface area contributed by atoms with Gasteiger partial charge in [0.1, 0.15) is 0 Å². The summed E-state index contributed by atoms with van der Waals surface area (Å²) in [6.07, 6.45) is 8.20. The molecule has 0 N–H and O–H groups in total. The predicted octanol–water partition coefficient (Wildman–Crippen LogP) is 3.29. The molecular weight excluding hydrogens is 308 g/mol. The van der Waals surface area contributed by atoms with Crippen molar-refractivity contribution in [1.82, 2.24) is 14.7 Å². The Kier molecular flexibility index (Phi) is 5.50. The summed E-state index contributed by atoms with van der Waals surface area (Å²) in [7, 11) is 0. The molecule has 0 aliphatic carbocycles. The molecule has 3 nitrogen and oxygen atoms in total. The van der Waals surface area contributed by atoms with Gasteiger partial charge in [-0.1, -0.05) is 13.0 Å². The third kappa shape index (κ3) is 3.93. The Morgan fingerprint density at radius 2 is 1.75 bits per heavy atom. The van der Waals surface area contributed by atoms with E-state index < -0.39 is 11.8 Å². The highest BCUT2D eigenvalue weighted by Crippen LogP contribution is 2.41. The summed E-state index contributed by atoms with van der Waals surface area (Å²) in [5, 5.41) is 0. The topological polar surface area (TPSA) is 9.72 Å². The third-order valence-corrected chi connectivity index (χ3v) is 6.20. The van der Waals surface area contributed by atoms with Gasteiger partial charge in [0, 0.05) is 31.0 Å². The lowest BCUT2D eigenvalue weighted by Gasteiger charge is -2.54. The molecule has 5 heteroatoms.